The molecule has 0 spiro atoms. The van der Waals surface area contributed by atoms with Gasteiger partial charge in [-0.3, -0.25) is 9.59 Å². The van der Waals surface area contributed by atoms with Gasteiger partial charge in [0.15, 0.2) is 5.78 Å². The number of carbonyl (C=O) groups excluding carboxylic acids is 1. The Labute approximate surface area is 90.7 Å². The van der Waals surface area contributed by atoms with E-state index in [0.29, 0.717) is 0 Å². The molecular formula is C7H14O8. The van der Waals surface area contributed by atoms with Crippen LogP contribution in [0.5, 0.6) is 0 Å². The molecule has 0 rings (SSSR count). The topological polar surface area (TPSA) is 156 Å². The summed E-state index contributed by atoms with van der Waals surface area (Å²) < 4.78 is 26.8. The lowest BCUT2D eigenvalue weighted by Crippen LogP contribution is -2.44. The van der Waals surface area contributed by atoms with Gasteiger partial charge < -0.3 is 30.6 Å². The van der Waals surface area contributed by atoms with E-state index in [9.17, 15) is 9.90 Å². The highest BCUT2D eigenvalue weighted by Gasteiger charge is 2.28. The first-order valence-electron chi connectivity index (χ1n) is 5.40. The number of hydrogen-bond acceptors (Lipinski definition) is 7. The van der Waals surface area contributed by atoms with Gasteiger partial charge in [0, 0.05) is 0 Å². The minimum absolute atomic E-state index is 0.250. The number of aliphatic hydroxyl groups is 5. The first-order valence-corrected chi connectivity index (χ1v) is 3.49. The zero-order chi connectivity index (χ0) is 15.9. The third-order valence-corrected chi connectivity index (χ3v) is 1.16. The van der Waals surface area contributed by atoms with Crippen LogP contribution in [0.3, 0.4) is 0 Å². The molecule has 3 atom stereocenters. The molecule has 0 aliphatic carbocycles. The standard InChI is InChI=1S/C6H12O6.CH2O2/c7-1-3(9)5(11)6(12)4(10)2-8;2-1-3/h3,5-9,11-12H,1-2H2;1H,(H,2,3)/t3-,5-,6+;/m1./s1/i2D2,6D,8D;. The summed E-state index contributed by atoms with van der Waals surface area (Å²) in [6.07, 6.45) is -7.88. The normalized spacial score (nSPS) is 22.4. The predicted molar refractivity (Wildman–Crippen MR) is 45.9 cm³/mol. The van der Waals surface area contributed by atoms with E-state index in [0.717, 1.165) is 0 Å². The summed E-state index contributed by atoms with van der Waals surface area (Å²) in [6, 6.07) is 0. The lowest BCUT2D eigenvalue weighted by atomic mass is 10.1. The van der Waals surface area contributed by atoms with E-state index in [4.69, 9.17) is 30.8 Å². The Kier molecular flexibility index (Phi) is 5.81. The van der Waals surface area contributed by atoms with E-state index in [1.807, 2.05) is 0 Å². The molecule has 0 amide bonds. The quantitative estimate of drug-likeness (QED) is 0.255. The maximum atomic E-state index is 11.2. The van der Waals surface area contributed by atoms with Crippen LogP contribution in [0.25, 0.3) is 0 Å². The molecule has 0 bridgehead atoms. The summed E-state index contributed by atoms with van der Waals surface area (Å²) in [5.41, 5.74) is 0. The molecule has 15 heavy (non-hydrogen) atoms. The number of hydrogen-bond donors (Lipinski definition) is 6. The molecule has 0 aliphatic heterocycles. The number of carbonyl (C=O) groups is 2. The molecule has 0 aromatic carbocycles. The Balaban J connectivity index is 0. The molecular weight excluding hydrogens is 212 g/mol. The van der Waals surface area contributed by atoms with Gasteiger partial charge in [-0.15, -0.1) is 0 Å². The third kappa shape index (κ3) is 6.94. The Morgan fingerprint density at radius 1 is 1.53 bits per heavy atom. The third-order valence-electron chi connectivity index (χ3n) is 1.16. The van der Waals surface area contributed by atoms with Gasteiger partial charge in [-0.1, -0.05) is 0 Å². The first-order chi connectivity index (χ1) is 8.52. The van der Waals surface area contributed by atoms with Crippen LogP contribution in [0, 0.1) is 0 Å². The Morgan fingerprint density at radius 2 is 2.00 bits per heavy atom. The predicted octanol–water partition coefficient (Wildman–Crippen LogP) is -3.68. The van der Waals surface area contributed by atoms with Crippen molar-refractivity contribution in [3.8, 4) is 0 Å². The second kappa shape index (κ2) is 9.49. The second-order valence-corrected chi connectivity index (χ2v) is 2.12. The molecule has 6 N–H and O–H groups in total. The molecule has 8 nitrogen and oxygen atoms in total. The monoisotopic (exact) mass is 230 g/mol. The Hall–Kier alpha value is -1.06. The zero-order valence-corrected chi connectivity index (χ0v) is 7.40. The lowest BCUT2D eigenvalue weighted by Gasteiger charge is -2.19. The maximum absolute atomic E-state index is 11.2. The van der Waals surface area contributed by atoms with Crippen molar-refractivity contribution >= 4 is 12.3 Å². The molecule has 90 valence electrons. The molecule has 0 unspecified atom stereocenters. The van der Waals surface area contributed by atoms with Gasteiger partial charge in [0.25, 0.3) is 6.47 Å². The van der Waals surface area contributed by atoms with Crippen LogP contribution in [0.2, 0.25) is 0 Å². The minimum Gasteiger partial charge on any atom is -0.483 e. The van der Waals surface area contributed by atoms with Gasteiger partial charge in [0.2, 0.25) is 1.43 Å². The first kappa shape index (κ1) is 9.19. The van der Waals surface area contributed by atoms with E-state index >= 15 is 0 Å². The van der Waals surface area contributed by atoms with Crippen LogP contribution >= 0.6 is 0 Å². The number of rotatable bonds is 6. The van der Waals surface area contributed by atoms with Crippen molar-refractivity contribution < 1.29 is 44.3 Å². The minimum atomic E-state index is -3.44. The van der Waals surface area contributed by atoms with Crippen LogP contribution in [0.4, 0.5) is 0 Å². The highest BCUT2D eigenvalue weighted by molar-refractivity contribution is 5.84. The molecule has 0 aliphatic rings. The van der Waals surface area contributed by atoms with Gasteiger partial charge >= 0.3 is 0 Å². The molecule has 0 radical (unpaired) electrons. The lowest BCUT2D eigenvalue weighted by molar-refractivity contribution is -0.142. The molecule has 0 saturated carbocycles. The average molecular weight is 230 g/mol. The van der Waals surface area contributed by atoms with Gasteiger partial charge in [-0.05, 0) is 0 Å². The molecule has 0 aromatic rings. The summed E-state index contributed by atoms with van der Waals surface area (Å²) in [7, 11) is 0. The largest absolute Gasteiger partial charge is 0.483 e. The summed E-state index contributed by atoms with van der Waals surface area (Å²) in [5, 5.41) is 45.9. The van der Waals surface area contributed by atoms with E-state index in [-0.39, 0.29) is 6.47 Å². The van der Waals surface area contributed by atoms with E-state index in [1.165, 1.54) is 0 Å². The van der Waals surface area contributed by atoms with E-state index in [1.54, 1.807) is 0 Å². The molecule has 0 aromatic heterocycles. The van der Waals surface area contributed by atoms with Crippen molar-refractivity contribution in [1.29, 1.82) is 1.43 Å². The van der Waals surface area contributed by atoms with Crippen molar-refractivity contribution in [1.82, 2.24) is 0 Å². The van der Waals surface area contributed by atoms with Gasteiger partial charge in [0.1, 0.15) is 24.8 Å². The van der Waals surface area contributed by atoms with E-state index in [2.05, 4.69) is 5.11 Å². The summed E-state index contributed by atoms with van der Waals surface area (Å²) >= 11 is 0. The molecule has 0 fully saturated rings. The Morgan fingerprint density at radius 3 is 2.33 bits per heavy atom. The number of ketones is 1. The summed E-state index contributed by atoms with van der Waals surface area (Å²) in [5.74, 6) is -1.96. The SMILES string of the molecule is O=CO.[2H]OC([2H])([2H])C(=O)[C@]([2H])(O)[C@H](O)[C@H](O)CO. The number of Topliss-reactive ketones (excluding diaryl/α,β-unsaturated/α-hetero) is 1. The van der Waals surface area contributed by atoms with Crippen molar-refractivity contribution in [3.05, 3.63) is 0 Å². The van der Waals surface area contributed by atoms with Crippen LogP contribution in [0.1, 0.15) is 4.11 Å². The summed E-state index contributed by atoms with van der Waals surface area (Å²) in [6.45, 7) is -4.60. The molecule has 0 saturated heterocycles. The van der Waals surface area contributed by atoms with Crippen molar-refractivity contribution in [3.63, 3.8) is 0 Å². The summed E-state index contributed by atoms with van der Waals surface area (Å²) in [4.78, 5) is 19.5. The smallest absolute Gasteiger partial charge is 0.290 e. The van der Waals surface area contributed by atoms with Crippen LogP contribution in [0.15, 0.2) is 0 Å². The fourth-order valence-electron chi connectivity index (χ4n) is 0.469. The van der Waals surface area contributed by atoms with Gasteiger partial charge in [-0.2, -0.15) is 0 Å². The fourth-order valence-corrected chi connectivity index (χ4v) is 0.469. The van der Waals surface area contributed by atoms with E-state index < -0.39 is 37.2 Å². The average Bonchev–Trinajstić information content (AvgIpc) is 2.36. The number of aliphatic hydroxyl groups excluding tert-OH is 3. The second-order valence-electron chi connectivity index (χ2n) is 2.12. The van der Waals surface area contributed by atoms with Gasteiger partial charge in [0.05, 0.1) is 10.7 Å². The Bertz CT molecular complexity index is 297. The molecule has 8 heteroatoms. The zero-order valence-electron chi connectivity index (χ0n) is 11.4. The number of carboxylic acid groups (broad SMARTS) is 1. The maximum Gasteiger partial charge on any atom is 0.290 e. The van der Waals surface area contributed by atoms with Crippen molar-refractivity contribution in [2.75, 3.05) is 13.2 Å². The van der Waals surface area contributed by atoms with Crippen LogP contribution < -0.4 is 0 Å². The van der Waals surface area contributed by atoms with Crippen LogP contribution in [-0.2, 0) is 9.59 Å². The van der Waals surface area contributed by atoms with Crippen LogP contribution in [-0.4, -0.2) is 75.8 Å². The van der Waals surface area contributed by atoms with Crippen molar-refractivity contribution in [2.24, 2.45) is 0 Å². The van der Waals surface area contributed by atoms with Gasteiger partial charge in [-0.25, -0.2) is 0 Å². The highest BCUT2D eigenvalue weighted by atomic mass is 16.4. The fraction of sp³-hybridized carbons (Fsp3) is 0.714. The van der Waals surface area contributed by atoms with Crippen molar-refractivity contribution in [2.45, 2.75) is 18.3 Å². The highest BCUT2D eigenvalue weighted by Crippen LogP contribution is 2.00. The molecule has 0 heterocycles.